The van der Waals surface area contributed by atoms with Crippen LogP contribution < -0.4 is 5.43 Å². The average Bonchev–Trinajstić information content (AvgIpc) is 2.37. The number of hydrogen-bond donors (Lipinski definition) is 0. The van der Waals surface area contributed by atoms with Gasteiger partial charge in [-0.3, -0.25) is 14.9 Å². The zero-order valence-electron chi connectivity index (χ0n) is 9.72. The molecule has 0 N–H and O–H groups in total. The topological polar surface area (TPSA) is 60.2 Å². The summed E-state index contributed by atoms with van der Waals surface area (Å²) < 4.78 is 27.6. The van der Waals surface area contributed by atoms with E-state index in [0.717, 1.165) is 11.3 Å². The third-order valence-electron chi connectivity index (χ3n) is 2.91. The highest BCUT2D eigenvalue weighted by Crippen LogP contribution is 2.35. The molecule has 20 heavy (non-hydrogen) atoms. The fraction of sp³-hybridized carbons (Fsp3) is 0. The second-order valence-corrected chi connectivity index (χ2v) is 5.13. The van der Waals surface area contributed by atoms with Crippen LogP contribution in [0.5, 0.6) is 0 Å². The van der Waals surface area contributed by atoms with Gasteiger partial charge in [-0.25, -0.2) is 4.39 Å². The van der Waals surface area contributed by atoms with Crippen LogP contribution in [0, 0.1) is 21.7 Å². The van der Waals surface area contributed by atoms with Gasteiger partial charge >= 0.3 is 5.69 Å². The molecule has 3 rings (SSSR count). The first-order valence-electron chi connectivity index (χ1n) is 5.48. The fourth-order valence-corrected chi connectivity index (χ4v) is 3.25. The highest BCUT2D eigenvalue weighted by Gasteiger charge is 2.25. The third kappa shape index (κ3) is 1.67. The molecular formula is C13H5F2NO3S. The molecule has 0 amide bonds. The summed E-state index contributed by atoms with van der Waals surface area (Å²) in [5.41, 5.74) is -1.54. The van der Waals surface area contributed by atoms with Crippen LogP contribution in [0.2, 0.25) is 0 Å². The molecule has 0 aliphatic carbocycles. The van der Waals surface area contributed by atoms with Crippen LogP contribution >= 0.6 is 11.3 Å². The lowest BCUT2D eigenvalue weighted by Crippen LogP contribution is -2.06. The van der Waals surface area contributed by atoms with Gasteiger partial charge in [0.1, 0.15) is 10.5 Å². The first kappa shape index (κ1) is 12.6. The third-order valence-corrected chi connectivity index (χ3v) is 4.09. The molecule has 3 aromatic rings. The van der Waals surface area contributed by atoms with Gasteiger partial charge in [0, 0.05) is 16.2 Å². The second-order valence-electron chi connectivity index (χ2n) is 4.08. The van der Waals surface area contributed by atoms with Crippen molar-refractivity contribution < 1.29 is 13.7 Å². The Hall–Kier alpha value is -2.41. The monoisotopic (exact) mass is 293 g/mol. The van der Waals surface area contributed by atoms with E-state index in [4.69, 9.17) is 0 Å². The van der Waals surface area contributed by atoms with Crippen LogP contribution in [0.3, 0.4) is 0 Å². The van der Waals surface area contributed by atoms with E-state index < -0.39 is 33.1 Å². The molecule has 0 aliphatic heterocycles. The Labute approximate surface area is 114 Å². The largest absolute Gasteiger partial charge is 0.322 e. The van der Waals surface area contributed by atoms with Gasteiger partial charge in [0.25, 0.3) is 0 Å². The molecule has 2 aromatic carbocycles. The van der Waals surface area contributed by atoms with Crippen LogP contribution in [0.25, 0.3) is 20.2 Å². The summed E-state index contributed by atoms with van der Waals surface area (Å²) in [7, 11) is 0. The molecule has 0 atom stereocenters. The molecule has 1 aromatic heterocycles. The van der Waals surface area contributed by atoms with Crippen molar-refractivity contribution in [1.82, 2.24) is 0 Å². The maximum atomic E-state index is 13.8. The highest BCUT2D eigenvalue weighted by molar-refractivity contribution is 7.25. The number of hydrogen-bond acceptors (Lipinski definition) is 4. The molecule has 0 radical (unpaired) electrons. The van der Waals surface area contributed by atoms with Crippen molar-refractivity contribution in [2.45, 2.75) is 0 Å². The summed E-state index contributed by atoms with van der Waals surface area (Å²) >= 11 is 0.827. The molecule has 0 saturated heterocycles. The summed E-state index contributed by atoms with van der Waals surface area (Å²) in [6, 6.07) is 6.71. The van der Waals surface area contributed by atoms with Crippen LogP contribution in [-0.4, -0.2) is 4.92 Å². The smallest absolute Gasteiger partial charge is 0.288 e. The summed E-state index contributed by atoms with van der Waals surface area (Å²) in [6.45, 7) is 0. The number of nitrogens with zero attached hydrogens (tertiary/aromatic N) is 1. The zero-order chi connectivity index (χ0) is 14.4. The van der Waals surface area contributed by atoms with Gasteiger partial charge < -0.3 is 0 Å². The quantitative estimate of drug-likeness (QED) is 0.391. The molecule has 0 saturated carbocycles. The van der Waals surface area contributed by atoms with Crippen LogP contribution in [0.1, 0.15) is 0 Å². The van der Waals surface area contributed by atoms with Crippen molar-refractivity contribution in [3.8, 4) is 0 Å². The SMILES string of the molecule is O=c1c2ccccc2sc2c([N+](=O)[O-])c(F)cc(F)c12. The lowest BCUT2D eigenvalue weighted by molar-refractivity contribution is -0.385. The van der Waals surface area contributed by atoms with Crippen molar-refractivity contribution in [1.29, 1.82) is 0 Å². The molecule has 4 nitrogen and oxygen atoms in total. The Morgan fingerprint density at radius 3 is 2.55 bits per heavy atom. The van der Waals surface area contributed by atoms with Crippen LogP contribution in [0.15, 0.2) is 35.1 Å². The van der Waals surface area contributed by atoms with Gasteiger partial charge in [-0.2, -0.15) is 4.39 Å². The van der Waals surface area contributed by atoms with Crippen molar-refractivity contribution in [3.05, 3.63) is 62.3 Å². The highest BCUT2D eigenvalue weighted by atomic mass is 32.1. The van der Waals surface area contributed by atoms with Crippen molar-refractivity contribution in [2.24, 2.45) is 0 Å². The van der Waals surface area contributed by atoms with E-state index in [0.29, 0.717) is 10.8 Å². The van der Waals surface area contributed by atoms with E-state index >= 15 is 0 Å². The number of fused-ring (bicyclic) bond motifs is 2. The van der Waals surface area contributed by atoms with Gasteiger partial charge in [0.05, 0.1) is 10.3 Å². The van der Waals surface area contributed by atoms with Gasteiger partial charge in [-0.1, -0.05) is 12.1 Å². The van der Waals surface area contributed by atoms with Crippen molar-refractivity contribution in [2.75, 3.05) is 0 Å². The molecule has 0 bridgehead atoms. The summed E-state index contributed by atoms with van der Waals surface area (Å²) in [6.07, 6.45) is 0. The number of rotatable bonds is 1. The molecular weight excluding hydrogens is 288 g/mol. The summed E-state index contributed by atoms with van der Waals surface area (Å²) in [4.78, 5) is 22.2. The minimum atomic E-state index is -1.29. The summed E-state index contributed by atoms with van der Waals surface area (Å²) in [5.74, 6) is -2.37. The van der Waals surface area contributed by atoms with Gasteiger partial charge in [0.2, 0.25) is 5.82 Å². The first-order valence-corrected chi connectivity index (χ1v) is 6.30. The van der Waals surface area contributed by atoms with Gasteiger partial charge in [-0.15, -0.1) is 11.3 Å². The minimum absolute atomic E-state index is 0.254. The van der Waals surface area contributed by atoms with Crippen molar-refractivity contribution in [3.63, 3.8) is 0 Å². The van der Waals surface area contributed by atoms with Crippen LogP contribution in [0.4, 0.5) is 14.5 Å². The minimum Gasteiger partial charge on any atom is -0.288 e. The number of nitro benzene ring substituents is 1. The van der Waals surface area contributed by atoms with E-state index in [-0.39, 0.29) is 10.1 Å². The van der Waals surface area contributed by atoms with Gasteiger partial charge in [-0.05, 0) is 12.1 Å². The Bertz CT molecular complexity index is 936. The average molecular weight is 293 g/mol. The number of nitro groups is 1. The maximum Gasteiger partial charge on any atom is 0.322 e. The Balaban J connectivity index is 2.67. The second kappa shape index (κ2) is 4.31. The van der Waals surface area contributed by atoms with Crippen molar-refractivity contribution >= 4 is 37.2 Å². The first-order chi connectivity index (χ1) is 9.50. The maximum absolute atomic E-state index is 13.8. The normalized spacial score (nSPS) is 11.1. The predicted molar refractivity (Wildman–Crippen MR) is 72.2 cm³/mol. The van der Waals surface area contributed by atoms with Crippen LogP contribution in [-0.2, 0) is 0 Å². The summed E-state index contributed by atoms with van der Waals surface area (Å²) in [5, 5.41) is 10.8. The molecule has 0 aliphatic rings. The Kier molecular flexibility index (Phi) is 2.72. The predicted octanol–water partition coefficient (Wildman–Crippen LogP) is 3.60. The number of benzene rings is 2. The lowest BCUT2D eigenvalue weighted by atomic mass is 10.1. The zero-order valence-corrected chi connectivity index (χ0v) is 10.5. The molecule has 0 unspecified atom stereocenters. The Morgan fingerprint density at radius 2 is 1.85 bits per heavy atom. The fourth-order valence-electron chi connectivity index (χ4n) is 2.06. The number of halogens is 2. The molecule has 7 heteroatoms. The van der Waals surface area contributed by atoms with E-state index in [2.05, 4.69) is 0 Å². The molecule has 0 spiro atoms. The molecule has 1 heterocycles. The lowest BCUT2D eigenvalue weighted by Gasteiger charge is -2.03. The van der Waals surface area contributed by atoms with E-state index in [1.54, 1.807) is 18.2 Å². The van der Waals surface area contributed by atoms with Gasteiger partial charge in [0.15, 0.2) is 5.43 Å². The van der Waals surface area contributed by atoms with E-state index in [9.17, 15) is 23.7 Å². The molecule has 100 valence electrons. The van der Waals surface area contributed by atoms with E-state index in [1.807, 2.05) is 0 Å². The standard InChI is InChI=1S/C13H5F2NO3S/c14-7-5-8(15)11(16(18)19)13-10(7)12(17)6-3-1-2-4-9(6)20-13/h1-5H. The van der Waals surface area contributed by atoms with E-state index in [1.165, 1.54) is 6.07 Å². The molecule has 0 fully saturated rings. The Morgan fingerprint density at radius 1 is 1.15 bits per heavy atom.